The predicted octanol–water partition coefficient (Wildman–Crippen LogP) is 3.18. The fourth-order valence-electron chi connectivity index (χ4n) is 1.72. The summed E-state index contributed by atoms with van der Waals surface area (Å²) in [5.41, 5.74) is 2.42. The van der Waals surface area contributed by atoms with E-state index in [0.29, 0.717) is 12.5 Å². The summed E-state index contributed by atoms with van der Waals surface area (Å²) < 4.78 is 0. The minimum Gasteiger partial charge on any atom is -0.338 e. The fourth-order valence-corrected chi connectivity index (χ4v) is 1.72. The maximum absolute atomic E-state index is 11.9. The number of rotatable bonds is 5. The molecule has 0 spiro atoms. The highest BCUT2D eigenvalue weighted by Crippen LogP contribution is 2.09. The first-order chi connectivity index (χ1) is 8.50. The lowest BCUT2D eigenvalue weighted by Crippen LogP contribution is -2.37. The van der Waals surface area contributed by atoms with Crippen molar-refractivity contribution in [3.05, 3.63) is 35.4 Å². The Balaban J connectivity index is 2.43. The number of carbonyl (C=O) groups is 1. The van der Waals surface area contributed by atoms with Crippen molar-refractivity contribution in [2.75, 3.05) is 13.6 Å². The lowest BCUT2D eigenvalue weighted by atomic mass is 10.1. The van der Waals surface area contributed by atoms with Crippen molar-refractivity contribution in [1.29, 1.82) is 0 Å². The van der Waals surface area contributed by atoms with Gasteiger partial charge in [-0.05, 0) is 30.4 Å². The number of hydrogen-bond acceptors (Lipinski definition) is 1. The Labute approximate surface area is 110 Å². The lowest BCUT2D eigenvalue weighted by molar-refractivity contribution is 0.206. The smallest absolute Gasteiger partial charge is 0.317 e. The van der Waals surface area contributed by atoms with E-state index in [1.54, 1.807) is 4.90 Å². The van der Waals surface area contributed by atoms with Gasteiger partial charge in [0.05, 0.1) is 0 Å². The third kappa shape index (κ3) is 4.78. The van der Waals surface area contributed by atoms with Gasteiger partial charge in [0.1, 0.15) is 0 Å². The van der Waals surface area contributed by atoms with E-state index in [1.807, 2.05) is 19.2 Å². The second-order valence-electron chi connectivity index (χ2n) is 5.20. The Kier molecular flexibility index (Phi) is 5.69. The molecule has 3 nitrogen and oxygen atoms in total. The molecule has 0 fully saturated rings. The quantitative estimate of drug-likeness (QED) is 0.852. The normalized spacial score (nSPS) is 10.5. The predicted molar refractivity (Wildman–Crippen MR) is 75.5 cm³/mol. The van der Waals surface area contributed by atoms with Crippen LogP contribution in [0.5, 0.6) is 0 Å². The molecule has 0 aliphatic rings. The van der Waals surface area contributed by atoms with Gasteiger partial charge in [-0.25, -0.2) is 4.79 Å². The molecule has 0 radical (unpaired) electrons. The van der Waals surface area contributed by atoms with Crippen molar-refractivity contribution in [2.24, 2.45) is 5.92 Å². The highest BCUT2D eigenvalue weighted by molar-refractivity contribution is 5.73. The SMILES string of the molecule is Cc1ccccc1CN(C)C(=O)NCCC(C)C. The molecule has 0 heterocycles. The van der Waals surface area contributed by atoms with Crippen LogP contribution in [0, 0.1) is 12.8 Å². The molecule has 1 rings (SSSR count). The minimum absolute atomic E-state index is 0.00102. The lowest BCUT2D eigenvalue weighted by Gasteiger charge is -2.19. The van der Waals surface area contributed by atoms with Crippen LogP contribution < -0.4 is 5.32 Å². The first kappa shape index (κ1) is 14.6. The summed E-state index contributed by atoms with van der Waals surface area (Å²) in [4.78, 5) is 13.6. The average molecular weight is 248 g/mol. The van der Waals surface area contributed by atoms with Gasteiger partial charge in [0.2, 0.25) is 0 Å². The van der Waals surface area contributed by atoms with E-state index in [1.165, 1.54) is 11.1 Å². The van der Waals surface area contributed by atoms with E-state index in [9.17, 15) is 4.79 Å². The van der Waals surface area contributed by atoms with Crippen molar-refractivity contribution in [2.45, 2.75) is 33.7 Å². The molecule has 2 amide bonds. The Bertz CT molecular complexity index is 388. The van der Waals surface area contributed by atoms with Crippen LogP contribution in [0.3, 0.4) is 0 Å². The Morgan fingerprint density at radius 3 is 2.61 bits per heavy atom. The van der Waals surface area contributed by atoms with Gasteiger partial charge >= 0.3 is 6.03 Å². The summed E-state index contributed by atoms with van der Waals surface area (Å²) in [6.07, 6.45) is 1.02. The largest absolute Gasteiger partial charge is 0.338 e. The summed E-state index contributed by atoms with van der Waals surface area (Å²) in [6.45, 7) is 7.78. The molecule has 18 heavy (non-hydrogen) atoms. The van der Waals surface area contributed by atoms with E-state index < -0.39 is 0 Å². The van der Waals surface area contributed by atoms with Gasteiger partial charge < -0.3 is 10.2 Å². The van der Waals surface area contributed by atoms with Gasteiger partial charge in [-0.1, -0.05) is 38.1 Å². The Hall–Kier alpha value is -1.51. The van der Waals surface area contributed by atoms with Gasteiger partial charge in [0.25, 0.3) is 0 Å². The molecule has 0 atom stereocenters. The van der Waals surface area contributed by atoms with E-state index in [0.717, 1.165) is 13.0 Å². The second-order valence-corrected chi connectivity index (χ2v) is 5.20. The van der Waals surface area contributed by atoms with Gasteiger partial charge in [0.15, 0.2) is 0 Å². The van der Waals surface area contributed by atoms with Crippen molar-refractivity contribution in [1.82, 2.24) is 10.2 Å². The molecular formula is C15H24N2O. The molecule has 1 N–H and O–H groups in total. The fraction of sp³-hybridized carbons (Fsp3) is 0.533. The molecular weight excluding hydrogens is 224 g/mol. The van der Waals surface area contributed by atoms with Crippen molar-refractivity contribution < 1.29 is 4.79 Å². The Morgan fingerprint density at radius 1 is 1.33 bits per heavy atom. The molecule has 1 aromatic carbocycles. The molecule has 0 unspecified atom stereocenters. The zero-order valence-electron chi connectivity index (χ0n) is 11.9. The molecule has 0 aromatic heterocycles. The highest BCUT2D eigenvalue weighted by Gasteiger charge is 2.09. The molecule has 0 aliphatic heterocycles. The van der Waals surface area contributed by atoms with E-state index >= 15 is 0 Å². The molecule has 3 heteroatoms. The summed E-state index contributed by atoms with van der Waals surface area (Å²) in [7, 11) is 1.83. The number of aryl methyl sites for hydroxylation is 1. The van der Waals surface area contributed by atoms with Crippen molar-refractivity contribution in [3.63, 3.8) is 0 Å². The third-order valence-corrected chi connectivity index (χ3v) is 3.01. The van der Waals surface area contributed by atoms with Gasteiger partial charge in [-0.2, -0.15) is 0 Å². The monoisotopic (exact) mass is 248 g/mol. The maximum Gasteiger partial charge on any atom is 0.317 e. The van der Waals surface area contributed by atoms with E-state index in [-0.39, 0.29) is 6.03 Å². The highest BCUT2D eigenvalue weighted by atomic mass is 16.2. The zero-order valence-corrected chi connectivity index (χ0v) is 11.9. The standard InChI is InChI=1S/C15H24N2O/c1-12(2)9-10-16-15(18)17(4)11-14-8-6-5-7-13(14)3/h5-8,12H,9-11H2,1-4H3,(H,16,18). The van der Waals surface area contributed by atoms with Crippen LogP contribution in [0.25, 0.3) is 0 Å². The van der Waals surface area contributed by atoms with Crippen molar-refractivity contribution >= 4 is 6.03 Å². The van der Waals surface area contributed by atoms with Crippen LogP contribution in [-0.2, 0) is 6.54 Å². The zero-order chi connectivity index (χ0) is 13.5. The molecule has 100 valence electrons. The summed E-state index contributed by atoms with van der Waals surface area (Å²) >= 11 is 0. The van der Waals surface area contributed by atoms with Gasteiger partial charge in [-0.15, -0.1) is 0 Å². The van der Waals surface area contributed by atoms with Crippen LogP contribution in [0.15, 0.2) is 24.3 Å². The van der Waals surface area contributed by atoms with Crippen LogP contribution in [0.1, 0.15) is 31.4 Å². The van der Waals surface area contributed by atoms with Crippen LogP contribution in [0.4, 0.5) is 4.79 Å². The second kappa shape index (κ2) is 7.04. The average Bonchev–Trinajstić information content (AvgIpc) is 2.31. The molecule has 0 saturated carbocycles. The van der Waals surface area contributed by atoms with Gasteiger partial charge in [0, 0.05) is 20.1 Å². The van der Waals surface area contributed by atoms with Gasteiger partial charge in [-0.3, -0.25) is 0 Å². The summed E-state index contributed by atoms with van der Waals surface area (Å²) in [5.74, 6) is 0.618. The molecule has 0 bridgehead atoms. The third-order valence-electron chi connectivity index (χ3n) is 3.01. The van der Waals surface area contributed by atoms with E-state index in [2.05, 4.69) is 38.2 Å². The molecule has 0 saturated heterocycles. The Morgan fingerprint density at radius 2 is 2.00 bits per heavy atom. The minimum atomic E-state index is -0.00102. The number of benzene rings is 1. The van der Waals surface area contributed by atoms with Crippen LogP contribution in [0.2, 0.25) is 0 Å². The number of nitrogens with one attached hydrogen (secondary N) is 1. The summed E-state index contributed by atoms with van der Waals surface area (Å²) in [5, 5.41) is 2.94. The number of carbonyl (C=O) groups excluding carboxylic acids is 1. The number of amides is 2. The maximum atomic E-state index is 11.9. The van der Waals surface area contributed by atoms with Crippen LogP contribution >= 0.6 is 0 Å². The number of urea groups is 1. The van der Waals surface area contributed by atoms with E-state index in [4.69, 9.17) is 0 Å². The topological polar surface area (TPSA) is 32.3 Å². The molecule has 1 aromatic rings. The number of nitrogens with zero attached hydrogens (tertiary/aromatic N) is 1. The summed E-state index contributed by atoms with van der Waals surface area (Å²) in [6, 6.07) is 8.15. The first-order valence-electron chi connectivity index (χ1n) is 6.54. The van der Waals surface area contributed by atoms with Crippen molar-refractivity contribution in [3.8, 4) is 0 Å². The van der Waals surface area contributed by atoms with Crippen LogP contribution in [-0.4, -0.2) is 24.5 Å². The number of hydrogen-bond donors (Lipinski definition) is 1. The first-order valence-corrected chi connectivity index (χ1v) is 6.54. The molecule has 0 aliphatic carbocycles.